The van der Waals surface area contributed by atoms with Crippen molar-refractivity contribution in [2.24, 2.45) is 0 Å². The standard InChI is InChI=1S/C14H19F2NO/c1-3-11(10-17-6-7-18-2)8-12-4-5-13(15)14(16)9-12/h4-5,8-9,17H,3,6-7,10H2,1-2H3. The molecule has 0 aliphatic heterocycles. The predicted molar refractivity (Wildman–Crippen MR) is 69.4 cm³/mol. The maximum Gasteiger partial charge on any atom is 0.159 e. The fourth-order valence-corrected chi connectivity index (χ4v) is 1.54. The molecule has 1 N–H and O–H groups in total. The van der Waals surface area contributed by atoms with Crippen molar-refractivity contribution in [1.82, 2.24) is 5.32 Å². The van der Waals surface area contributed by atoms with Crippen LogP contribution in [-0.4, -0.2) is 26.8 Å². The van der Waals surface area contributed by atoms with Crippen LogP contribution in [0.25, 0.3) is 6.08 Å². The SMILES string of the molecule is CCC(=Cc1ccc(F)c(F)c1)CNCCOC. The maximum atomic E-state index is 13.0. The zero-order valence-electron chi connectivity index (χ0n) is 10.8. The van der Waals surface area contributed by atoms with Crippen molar-refractivity contribution < 1.29 is 13.5 Å². The van der Waals surface area contributed by atoms with Gasteiger partial charge in [-0.05, 0) is 24.1 Å². The molecule has 0 aliphatic rings. The molecule has 100 valence electrons. The van der Waals surface area contributed by atoms with Gasteiger partial charge in [-0.2, -0.15) is 0 Å². The summed E-state index contributed by atoms with van der Waals surface area (Å²) in [5.74, 6) is -1.63. The Hall–Kier alpha value is -1.26. The van der Waals surface area contributed by atoms with E-state index in [1.54, 1.807) is 13.2 Å². The first-order valence-corrected chi connectivity index (χ1v) is 6.01. The molecule has 1 aromatic carbocycles. The second-order valence-electron chi connectivity index (χ2n) is 4.00. The number of nitrogens with one attached hydrogen (secondary N) is 1. The van der Waals surface area contributed by atoms with E-state index in [1.165, 1.54) is 6.07 Å². The molecule has 0 spiro atoms. The van der Waals surface area contributed by atoms with E-state index >= 15 is 0 Å². The Labute approximate surface area is 107 Å². The molecule has 0 aromatic heterocycles. The van der Waals surface area contributed by atoms with Crippen molar-refractivity contribution >= 4 is 6.08 Å². The van der Waals surface area contributed by atoms with Crippen LogP contribution in [-0.2, 0) is 4.74 Å². The minimum atomic E-state index is -0.816. The van der Waals surface area contributed by atoms with Gasteiger partial charge in [-0.1, -0.05) is 24.6 Å². The van der Waals surface area contributed by atoms with Crippen molar-refractivity contribution in [1.29, 1.82) is 0 Å². The Morgan fingerprint density at radius 2 is 2.11 bits per heavy atom. The number of methoxy groups -OCH3 is 1. The highest BCUT2D eigenvalue weighted by Crippen LogP contribution is 2.13. The van der Waals surface area contributed by atoms with Gasteiger partial charge in [-0.15, -0.1) is 0 Å². The van der Waals surface area contributed by atoms with Crippen LogP contribution in [0.5, 0.6) is 0 Å². The lowest BCUT2D eigenvalue weighted by molar-refractivity contribution is 0.200. The molecule has 0 radical (unpaired) electrons. The summed E-state index contributed by atoms with van der Waals surface area (Å²) in [7, 11) is 1.65. The molecular weight excluding hydrogens is 236 g/mol. The minimum Gasteiger partial charge on any atom is -0.383 e. The highest BCUT2D eigenvalue weighted by Gasteiger charge is 2.02. The molecular formula is C14H19F2NO. The molecule has 4 heteroatoms. The zero-order valence-corrected chi connectivity index (χ0v) is 10.8. The molecule has 1 aromatic rings. The Kier molecular flexibility index (Phi) is 6.54. The molecule has 0 unspecified atom stereocenters. The van der Waals surface area contributed by atoms with E-state index in [0.29, 0.717) is 12.2 Å². The summed E-state index contributed by atoms with van der Waals surface area (Å²) < 4.78 is 30.8. The van der Waals surface area contributed by atoms with Crippen LogP contribution in [0.2, 0.25) is 0 Å². The van der Waals surface area contributed by atoms with E-state index in [2.05, 4.69) is 5.32 Å². The van der Waals surface area contributed by atoms with Crippen LogP contribution in [0.3, 0.4) is 0 Å². The predicted octanol–water partition coefficient (Wildman–Crippen LogP) is 2.99. The smallest absolute Gasteiger partial charge is 0.159 e. The van der Waals surface area contributed by atoms with Gasteiger partial charge in [0.25, 0.3) is 0 Å². The van der Waals surface area contributed by atoms with Crippen LogP contribution in [0.4, 0.5) is 8.78 Å². The first kappa shape index (κ1) is 14.8. The fraction of sp³-hybridized carbons (Fsp3) is 0.429. The topological polar surface area (TPSA) is 21.3 Å². The molecule has 1 rings (SSSR count). The third-order valence-corrected chi connectivity index (χ3v) is 2.60. The molecule has 0 heterocycles. The monoisotopic (exact) mass is 255 g/mol. The molecule has 2 nitrogen and oxygen atoms in total. The van der Waals surface area contributed by atoms with Crippen LogP contribution < -0.4 is 5.32 Å². The van der Waals surface area contributed by atoms with Gasteiger partial charge in [0.15, 0.2) is 11.6 Å². The third kappa shape index (κ3) is 4.94. The van der Waals surface area contributed by atoms with Crippen molar-refractivity contribution in [2.75, 3.05) is 26.8 Å². The minimum absolute atomic E-state index is 0.655. The number of hydrogen-bond acceptors (Lipinski definition) is 2. The molecule has 0 saturated heterocycles. The fourth-order valence-electron chi connectivity index (χ4n) is 1.54. The lowest BCUT2D eigenvalue weighted by atomic mass is 10.1. The van der Waals surface area contributed by atoms with Crippen LogP contribution in [0.1, 0.15) is 18.9 Å². The quantitative estimate of drug-likeness (QED) is 0.756. The summed E-state index contributed by atoms with van der Waals surface area (Å²) in [5, 5.41) is 3.22. The number of benzene rings is 1. The van der Waals surface area contributed by atoms with E-state index < -0.39 is 11.6 Å². The lowest BCUT2D eigenvalue weighted by Crippen LogP contribution is -2.21. The van der Waals surface area contributed by atoms with Gasteiger partial charge >= 0.3 is 0 Å². The molecule has 0 atom stereocenters. The Morgan fingerprint density at radius 1 is 1.33 bits per heavy atom. The summed E-state index contributed by atoms with van der Waals surface area (Å²) in [4.78, 5) is 0. The second kappa shape index (κ2) is 7.95. The summed E-state index contributed by atoms with van der Waals surface area (Å²) in [6.45, 7) is 4.18. The highest BCUT2D eigenvalue weighted by atomic mass is 19.2. The van der Waals surface area contributed by atoms with Gasteiger partial charge < -0.3 is 10.1 Å². The average Bonchev–Trinajstić information content (AvgIpc) is 2.37. The van der Waals surface area contributed by atoms with Gasteiger partial charge in [0, 0.05) is 20.2 Å². The van der Waals surface area contributed by atoms with Crippen LogP contribution >= 0.6 is 0 Å². The van der Waals surface area contributed by atoms with Gasteiger partial charge in [0.05, 0.1) is 6.61 Å². The third-order valence-electron chi connectivity index (χ3n) is 2.60. The molecule has 0 fully saturated rings. The first-order valence-electron chi connectivity index (χ1n) is 6.01. The van der Waals surface area contributed by atoms with E-state index in [1.807, 2.05) is 13.0 Å². The van der Waals surface area contributed by atoms with E-state index in [4.69, 9.17) is 4.74 Å². The Morgan fingerprint density at radius 3 is 2.72 bits per heavy atom. The van der Waals surface area contributed by atoms with Gasteiger partial charge in [-0.3, -0.25) is 0 Å². The number of ether oxygens (including phenoxy) is 1. The zero-order chi connectivity index (χ0) is 13.4. The number of rotatable bonds is 7. The van der Waals surface area contributed by atoms with Crippen molar-refractivity contribution in [3.8, 4) is 0 Å². The average molecular weight is 255 g/mol. The lowest BCUT2D eigenvalue weighted by Gasteiger charge is -2.07. The van der Waals surface area contributed by atoms with Crippen molar-refractivity contribution in [3.63, 3.8) is 0 Å². The molecule has 18 heavy (non-hydrogen) atoms. The van der Waals surface area contributed by atoms with Gasteiger partial charge in [0.1, 0.15) is 0 Å². The molecule has 0 amide bonds. The van der Waals surface area contributed by atoms with Gasteiger partial charge in [-0.25, -0.2) is 8.78 Å². The summed E-state index contributed by atoms with van der Waals surface area (Å²) in [6.07, 6.45) is 2.74. The van der Waals surface area contributed by atoms with Crippen molar-refractivity contribution in [3.05, 3.63) is 41.0 Å². The first-order chi connectivity index (χ1) is 8.67. The Balaban J connectivity index is 2.62. The normalized spacial score (nSPS) is 11.9. The number of hydrogen-bond donors (Lipinski definition) is 1. The largest absolute Gasteiger partial charge is 0.383 e. The second-order valence-corrected chi connectivity index (χ2v) is 4.00. The number of halogens is 2. The van der Waals surface area contributed by atoms with Gasteiger partial charge in [0.2, 0.25) is 0 Å². The summed E-state index contributed by atoms with van der Waals surface area (Å²) >= 11 is 0. The van der Waals surface area contributed by atoms with Crippen LogP contribution in [0.15, 0.2) is 23.8 Å². The van der Waals surface area contributed by atoms with Crippen LogP contribution in [0, 0.1) is 11.6 Å². The van der Waals surface area contributed by atoms with E-state index in [9.17, 15) is 8.78 Å². The molecule has 0 aliphatic carbocycles. The maximum absolute atomic E-state index is 13.0. The molecule has 0 saturated carbocycles. The van der Waals surface area contributed by atoms with Crippen molar-refractivity contribution in [2.45, 2.75) is 13.3 Å². The summed E-state index contributed by atoms with van der Waals surface area (Å²) in [6, 6.07) is 3.93. The molecule has 0 bridgehead atoms. The van der Waals surface area contributed by atoms with E-state index in [0.717, 1.165) is 31.1 Å². The summed E-state index contributed by atoms with van der Waals surface area (Å²) in [5.41, 5.74) is 1.82. The highest BCUT2D eigenvalue weighted by molar-refractivity contribution is 5.53. The Bertz CT molecular complexity index is 405. The van der Waals surface area contributed by atoms with E-state index in [-0.39, 0.29) is 0 Å².